The predicted octanol–water partition coefficient (Wildman–Crippen LogP) is 19.6. The minimum Gasteiger partial charge on any atom is -0.483 e. The number of nitrogens with zero attached hydrogens (tertiary/aromatic N) is 12. The molecule has 0 amide bonds. The molecule has 21 nitrogen and oxygen atoms in total. The van der Waals surface area contributed by atoms with E-state index in [4.69, 9.17) is 49.1 Å². The summed E-state index contributed by atoms with van der Waals surface area (Å²) in [6.45, 7) is 44.1. The van der Waals surface area contributed by atoms with Crippen LogP contribution in [0.25, 0.3) is 76.8 Å². The number of halogens is 6. The van der Waals surface area contributed by atoms with Gasteiger partial charge < -0.3 is 37.1 Å². The Morgan fingerprint density at radius 1 is 0.449 bits per heavy atom. The molecule has 624 valence electrons. The molecule has 10 heterocycles. The summed E-state index contributed by atoms with van der Waals surface area (Å²) in [4.78, 5) is 101. The third-order valence-corrected chi connectivity index (χ3v) is 19.0. The number of rotatable bonds is 3. The Kier molecular flexibility index (Phi) is 28.9. The molecule has 27 heteroatoms. The van der Waals surface area contributed by atoms with Crippen LogP contribution in [0.15, 0.2) is 187 Å². The van der Waals surface area contributed by atoms with Crippen molar-refractivity contribution in [1.29, 1.82) is 0 Å². The Morgan fingerprint density at radius 3 is 1.54 bits per heavy atom. The molecule has 5 aromatic carbocycles. The van der Waals surface area contributed by atoms with Crippen molar-refractivity contribution >= 4 is 112 Å². The van der Waals surface area contributed by atoms with E-state index in [2.05, 4.69) is 71.4 Å². The van der Waals surface area contributed by atoms with E-state index in [1.165, 1.54) is 59.6 Å². The van der Waals surface area contributed by atoms with Gasteiger partial charge in [-0.15, -0.1) is 4.73 Å². The van der Waals surface area contributed by atoms with Crippen molar-refractivity contribution in [2.75, 3.05) is 7.11 Å². The van der Waals surface area contributed by atoms with Gasteiger partial charge in [-0.25, -0.2) is 33.1 Å². The Hall–Kier alpha value is -11.1. The molecule has 0 N–H and O–H groups in total. The standard InChI is InChI=1S/C14H16ClNO.C13H15ClN2O.C13H15FN2O2.C13H14FNO2.C13H16N2O.C12H13ClN2O.C11H9FN2O.C2H6/c1-14(2,3)12-10(15)6-5-9-7-8-16-13(17-4)11(9)12;1-13(2,3)11-8(14)5-6-9-12(11)16(4)10(17)7-15-9;1-13(2,3)18-12-8(14)7-15-9-5-6-10(17)16(4)11(9)12;1-13(2,3)17-15-11-8-10(14)6-4-9(11)5-7-12(15)16;1-9-5-6-10-11(7-9)15(13(2,3)4)12(16)8-14-10;1-12(2,3)15-10-6-8(13)7-14-9(10)4-5-11(15)16;1-6-5-14-9(15)4-13-8-3-2-7(12)10(6)11(8)14;1-2/h5-8H,1-4H3;5-7H,1-4H3;5-7H,1-4H3;4-8H,1-3H3;5-8H,1-4H3;4-7H,1-3H3;2-4,6H,5H2,1H3;1-2H3/t;;;;;;6-;/m......1./s1. The summed E-state index contributed by atoms with van der Waals surface area (Å²) in [5, 5.41) is 4.84. The van der Waals surface area contributed by atoms with Crippen molar-refractivity contribution in [3.8, 4) is 11.6 Å². The van der Waals surface area contributed by atoms with Gasteiger partial charge in [0, 0.05) is 106 Å². The first-order valence-electron chi connectivity index (χ1n) is 38.4. The number of benzene rings is 5. The first kappa shape index (κ1) is 92.4. The van der Waals surface area contributed by atoms with Crippen molar-refractivity contribution in [2.45, 2.75) is 198 Å². The van der Waals surface area contributed by atoms with Crippen molar-refractivity contribution in [3.05, 3.63) is 275 Å². The molecular weight excluding hydrogens is 1570 g/mol. The van der Waals surface area contributed by atoms with E-state index in [9.17, 15) is 41.9 Å². The maximum absolute atomic E-state index is 13.9. The zero-order valence-electron chi connectivity index (χ0n) is 71.6. The molecule has 0 saturated carbocycles. The molecule has 0 radical (unpaired) electrons. The van der Waals surface area contributed by atoms with Gasteiger partial charge in [0.25, 0.3) is 33.4 Å². The van der Waals surface area contributed by atoms with E-state index in [1.807, 2.05) is 159 Å². The molecule has 118 heavy (non-hydrogen) atoms. The molecule has 1 aliphatic rings. The topological polar surface area (TPSA) is 237 Å². The molecule has 0 fully saturated rings. The maximum Gasteiger partial charge on any atom is 0.283 e. The van der Waals surface area contributed by atoms with Crippen LogP contribution in [0.2, 0.25) is 15.1 Å². The van der Waals surface area contributed by atoms with Gasteiger partial charge >= 0.3 is 0 Å². The van der Waals surface area contributed by atoms with Gasteiger partial charge in [-0.1, -0.05) is 109 Å². The summed E-state index contributed by atoms with van der Waals surface area (Å²) in [5.41, 5.74) is 8.74. The number of ether oxygens (including phenoxy) is 2. The van der Waals surface area contributed by atoms with Gasteiger partial charge in [-0.2, -0.15) is 0 Å². The fourth-order valence-electron chi connectivity index (χ4n) is 13.4. The lowest BCUT2D eigenvalue weighted by molar-refractivity contribution is -0.0135. The Morgan fingerprint density at radius 2 is 0.932 bits per heavy atom. The van der Waals surface area contributed by atoms with E-state index >= 15 is 0 Å². The predicted molar refractivity (Wildman–Crippen MR) is 472 cm³/mol. The molecule has 0 saturated heterocycles. The van der Waals surface area contributed by atoms with Crippen LogP contribution in [0, 0.1) is 24.4 Å². The van der Waals surface area contributed by atoms with Crippen molar-refractivity contribution < 1.29 is 27.5 Å². The highest BCUT2D eigenvalue weighted by Gasteiger charge is 2.29. The second-order valence-electron chi connectivity index (χ2n) is 34.0. The number of aromatic nitrogens is 12. The molecule has 1 aliphatic heterocycles. The smallest absolute Gasteiger partial charge is 0.283 e. The largest absolute Gasteiger partial charge is 0.483 e. The van der Waals surface area contributed by atoms with E-state index in [0.29, 0.717) is 55.6 Å². The Balaban J connectivity index is 0.000000171. The lowest BCUT2D eigenvalue weighted by Gasteiger charge is -2.24. The van der Waals surface area contributed by atoms with Gasteiger partial charge in [0.2, 0.25) is 5.88 Å². The highest BCUT2D eigenvalue weighted by atomic mass is 35.5. The molecule has 9 aromatic heterocycles. The monoisotopic (exact) mass is 1670 g/mol. The lowest BCUT2D eigenvalue weighted by Crippen LogP contribution is -2.37. The second-order valence-corrected chi connectivity index (χ2v) is 35.3. The van der Waals surface area contributed by atoms with Crippen LogP contribution in [0.3, 0.4) is 0 Å². The molecular formula is C91H104Cl3F3N12O9. The quantitative estimate of drug-likeness (QED) is 0.160. The summed E-state index contributed by atoms with van der Waals surface area (Å²) in [5.74, 6) is -0.463. The summed E-state index contributed by atoms with van der Waals surface area (Å²) in [6, 6.07) is 33.9. The lowest BCUT2D eigenvalue weighted by atomic mass is 9.84. The second kappa shape index (κ2) is 36.8. The molecule has 0 aliphatic carbocycles. The average molecular weight is 1670 g/mol. The summed E-state index contributed by atoms with van der Waals surface area (Å²) in [7, 11) is 4.95. The average Bonchev–Trinajstić information content (AvgIpc) is 1.49. The number of methoxy groups -OCH3 is 1. The Labute approximate surface area is 698 Å². The summed E-state index contributed by atoms with van der Waals surface area (Å²) in [6.07, 6.45) is 8.46. The van der Waals surface area contributed by atoms with Crippen molar-refractivity contribution in [1.82, 2.24) is 57.5 Å². The van der Waals surface area contributed by atoms with Crippen LogP contribution in [-0.2, 0) is 42.5 Å². The SMILES string of the molecule is CC.CC(C)(C)On1c(=O)ccc2ccc(F)cc21.CC(C)(C)n1c(=O)ccc2ncc(Cl)cc21.COc1nccc2ccc(Cl)c(C(C)(C)C)c12.C[C@@H]1Cn2c(=O)cnc3ccc(F)c1c32.Cc1ccc2ncc(=O)n(C(C)(C)C)c2c1.Cn1c(=O)ccc2ncc(F)c(OC(C)(C)C)c21.Cn1c(=O)cnc2ccc(Cl)c(C(C)(C)C)c21. The Bertz CT molecular complexity index is 6350. The number of hydrogen-bond acceptors (Lipinski definition) is 15. The molecule has 0 unspecified atom stereocenters. The zero-order chi connectivity index (χ0) is 88.0. The van der Waals surface area contributed by atoms with E-state index in [1.54, 1.807) is 88.3 Å². The molecule has 1 atom stereocenters. The fraction of sp³-hybridized carbons (Fsp3) is 0.363. The molecule has 0 spiro atoms. The van der Waals surface area contributed by atoms with Crippen LogP contribution < -0.4 is 47.7 Å². The number of fused-ring (bicyclic) bond motifs is 6. The third kappa shape index (κ3) is 21.8. The first-order chi connectivity index (χ1) is 54.9. The highest BCUT2D eigenvalue weighted by Crippen LogP contribution is 2.40. The number of hydrogen-bond donors (Lipinski definition) is 0. The van der Waals surface area contributed by atoms with Gasteiger partial charge in [0.05, 0.1) is 92.1 Å². The van der Waals surface area contributed by atoms with Crippen LogP contribution in [0.5, 0.6) is 11.6 Å². The highest BCUT2D eigenvalue weighted by molar-refractivity contribution is 6.33. The van der Waals surface area contributed by atoms with E-state index in [-0.39, 0.29) is 72.7 Å². The van der Waals surface area contributed by atoms with Gasteiger partial charge in [-0.3, -0.25) is 38.7 Å². The summed E-state index contributed by atoms with van der Waals surface area (Å²) < 4.78 is 60.8. The zero-order valence-corrected chi connectivity index (χ0v) is 73.9. The molecule has 15 rings (SSSR count). The number of aryl methyl sites for hydroxylation is 3. The van der Waals surface area contributed by atoms with Crippen LogP contribution in [-0.4, -0.2) is 75.8 Å². The third-order valence-electron chi connectivity index (χ3n) is 18.2. The van der Waals surface area contributed by atoms with Crippen LogP contribution in [0.1, 0.15) is 174 Å². The van der Waals surface area contributed by atoms with Gasteiger partial charge in [0.15, 0.2) is 11.6 Å². The molecule has 14 aromatic rings. The van der Waals surface area contributed by atoms with E-state index in [0.717, 1.165) is 81.9 Å². The van der Waals surface area contributed by atoms with Crippen molar-refractivity contribution in [2.24, 2.45) is 14.1 Å². The first-order valence-corrected chi connectivity index (χ1v) is 39.5. The fourth-order valence-corrected chi connectivity index (χ4v) is 14.4. The van der Waals surface area contributed by atoms with Gasteiger partial charge in [0.1, 0.15) is 28.4 Å². The minimum atomic E-state index is -0.571. The number of pyridine rings is 6. The molecule has 0 bridgehead atoms. The normalized spacial score (nSPS) is 12.6. The minimum absolute atomic E-state index is 0.0379. The van der Waals surface area contributed by atoms with Crippen molar-refractivity contribution in [3.63, 3.8) is 0 Å². The maximum atomic E-state index is 13.9. The van der Waals surface area contributed by atoms with E-state index < -0.39 is 22.8 Å². The van der Waals surface area contributed by atoms with Crippen LogP contribution >= 0.6 is 34.8 Å². The van der Waals surface area contributed by atoms with Gasteiger partial charge in [-0.05, 0) is 202 Å². The van der Waals surface area contributed by atoms with Crippen LogP contribution in [0.4, 0.5) is 13.2 Å². The summed E-state index contributed by atoms with van der Waals surface area (Å²) >= 11 is 18.5.